The van der Waals surface area contributed by atoms with Gasteiger partial charge in [-0.2, -0.15) is 5.26 Å². The first-order valence-electron chi connectivity index (χ1n) is 7.63. The molecule has 0 aliphatic carbocycles. The molecular weight excluding hydrogens is 340 g/mol. The second-order valence-electron chi connectivity index (χ2n) is 4.97. The first-order valence-corrected chi connectivity index (χ1v) is 8.01. The third kappa shape index (κ3) is 5.55. The van der Waals surface area contributed by atoms with Crippen molar-refractivity contribution in [2.45, 2.75) is 13.5 Å². The molecule has 0 heterocycles. The van der Waals surface area contributed by atoms with E-state index in [0.717, 1.165) is 11.8 Å². The van der Waals surface area contributed by atoms with Crippen LogP contribution in [0.1, 0.15) is 12.5 Å². The Bertz CT molecular complexity index is 798. The van der Waals surface area contributed by atoms with Gasteiger partial charge < -0.3 is 14.8 Å². The highest BCUT2D eigenvalue weighted by molar-refractivity contribution is 6.32. The van der Waals surface area contributed by atoms with Gasteiger partial charge in [0.1, 0.15) is 24.7 Å². The van der Waals surface area contributed by atoms with Crippen LogP contribution in [0.5, 0.6) is 5.75 Å². The molecular formula is C19H17ClN2O3. The van der Waals surface area contributed by atoms with Crippen LogP contribution >= 0.6 is 11.6 Å². The van der Waals surface area contributed by atoms with Gasteiger partial charge in [-0.15, -0.1) is 0 Å². The summed E-state index contributed by atoms with van der Waals surface area (Å²) in [7, 11) is 0. The Balaban J connectivity index is 2.01. The second kappa shape index (κ2) is 9.36. The topological polar surface area (TPSA) is 71.3 Å². The van der Waals surface area contributed by atoms with Gasteiger partial charge in [-0.3, -0.25) is 4.79 Å². The van der Waals surface area contributed by atoms with Gasteiger partial charge in [0.05, 0.1) is 11.6 Å². The second-order valence-corrected chi connectivity index (χ2v) is 5.38. The SMILES string of the molecule is CCO/C=C(/C#N)C(=O)Nc1ccc(OCc2ccccc2)c(Cl)c1. The lowest BCUT2D eigenvalue weighted by Gasteiger charge is -2.10. The van der Waals surface area contributed by atoms with Gasteiger partial charge in [0, 0.05) is 5.69 Å². The van der Waals surface area contributed by atoms with E-state index in [0.29, 0.717) is 29.7 Å². The van der Waals surface area contributed by atoms with Gasteiger partial charge in [-0.25, -0.2) is 0 Å². The Labute approximate surface area is 151 Å². The summed E-state index contributed by atoms with van der Waals surface area (Å²) in [5.74, 6) is -0.0566. The van der Waals surface area contributed by atoms with Crippen molar-refractivity contribution >= 4 is 23.2 Å². The van der Waals surface area contributed by atoms with Crippen LogP contribution in [-0.2, 0) is 16.1 Å². The highest BCUT2D eigenvalue weighted by atomic mass is 35.5. The Hall–Kier alpha value is -2.97. The lowest BCUT2D eigenvalue weighted by Crippen LogP contribution is -2.14. The first kappa shape index (κ1) is 18.4. The van der Waals surface area contributed by atoms with Crippen molar-refractivity contribution in [1.82, 2.24) is 0 Å². The van der Waals surface area contributed by atoms with Crippen molar-refractivity contribution in [3.05, 3.63) is 71.0 Å². The molecule has 1 N–H and O–H groups in total. The van der Waals surface area contributed by atoms with E-state index in [4.69, 9.17) is 26.3 Å². The minimum atomic E-state index is -0.565. The average molecular weight is 357 g/mol. The van der Waals surface area contributed by atoms with Crippen LogP contribution in [0, 0.1) is 11.3 Å². The number of benzene rings is 2. The number of halogens is 1. The minimum absolute atomic E-state index is 0.123. The molecule has 0 atom stereocenters. The quantitative estimate of drug-likeness (QED) is 0.456. The molecule has 2 aromatic rings. The normalized spacial score (nSPS) is 10.7. The van der Waals surface area contributed by atoms with Crippen molar-refractivity contribution in [2.24, 2.45) is 0 Å². The summed E-state index contributed by atoms with van der Waals surface area (Å²) in [5.41, 5.74) is 1.36. The molecule has 2 rings (SSSR count). The van der Waals surface area contributed by atoms with Crippen LogP contribution < -0.4 is 10.1 Å². The average Bonchev–Trinajstić information content (AvgIpc) is 2.62. The van der Waals surface area contributed by atoms with Gasteiger partial charge >= 0.3 is 0 Å². The van der Waals surface area contributed by atoms with Crippen LogP contribution in [-0.4, -0.2) is 12.5 Å². The zero-order chi connectivity index (χ0) is 18.1. The van der Waals surface area contributed by atoms with Crippen LogP contribution in [0.4, 0.5) is 5.69 Å². The van der Waals surface area contributed by atoms with Crippen molar-refractivity contribution in [1.29, 1.82) is 5.26 Å². The zero-order valence-corrected chi connectivity index (χ0v) is 14.4. The Kier molecular flexibility index (Phi) is 6.87. The maximum Gasteiger partial charge on any atom is 0.269 e. The molecule has 0 radical (unpaired) electrons. The number of nitriles is 1. The zero-order valence-electron chi connectivity index (χ0n) is 13.7. The molecule has 0 saturated heterocycles. The molecule has 2 aromatic carbocycles. The van der Waals surface area contributed by atoms with E-state index in [-0.39, 0.29) is 5.57 Å². The molecule has 5 nitrogen and oxygen atoms in total. The molecule has 25 heavy (non-hydrogen) atoms. The molecule has 0 aromatic heterocycles. The molecule has 1 amide bonds. The van der Waals surface area contributed by atoms with Crippen molar-refractivity contribution in [3.63, 3.8) is 0 Å². The molecule has 6 heteroatoms. The Morgan fingerprint density at radius 2 is 2.04 bits per heavy atom. The van der Waals surface area contributed by atoms with E-state index in [2.05, 4.69) is 5.32 Å². The molecule has 128 valence electrons. The highest BCUT2D eigenvalue weighted by Gasteiger charge is 2.11. The minimum Gasteiger partial charge on any atom is -0.500 e. The number of hydrogen-bond acceptors (Lipinski definition) is 4. The molecule has 0 bridgehead atoms. The molecule has 0 unspecified atom stereocenters. The lowest BCUT2D eigenvalue weighted by molar-refractivity contribution is -0.112. The van der Waals surface area contributed by atoms with Crippen LogP contribution in [0.2, 0.25) is 5.02 Å². The number of rotatable bonds is 7. The number of nitrogens with one attached hydrogen (secondary N) is 1. The largest absolute Gasteiger partial charge is 0.500 e. The fourth-order valence-corrected chi connectivity index (χ4v) is 2.16. The highest BCUT2D eigenvalue weighted by Crippen LogP contribution is 2.28. The Morgan fingerprint density at radius 3 is 2.68 bits per heavy atom. The van der Waals surface area contributed by atoms with E-state index >= 15 is 0 Å². The van der Waals surface area contributed by atoms with E-state index in [1.165, 1.54) is 0 Å². The van der Waals surface area contributed by atoms with Gasteiger partial charge in [0.2, 0.25) is 0 Å². The molecule has 0 aliphatic rings. The summed E-state index contributed by atoms with van der Waals surface area (Å²) in [4.78, 5) is 12.0. The summed E-state index contributed by atoms with van der Waals surface area (Å²) in [5, 5.41) is 11.9. The van der Waals surface area contributed by atoms with Crippen LogP contribution in [0.3, 0.4) is 0 Å². The first-order chi connectivity index (χ1) is 12.1. The fourth-order valence-electron chi connectivity index (χ4n) is 1.93. The van der Waals surface area contributed by atoms with Crippen molar-refractivity contribution in [3.8, 4) is 11.8 Å². The smallest absolute Gasteiger partial charge is 0.269 e. The molecule has 0 fully saturated rings. The van der Waals surface area contributed by atoms with Crippen LogP contribution in [0.25, 0.3) is 0 Å². The standard InChI is InChI=1S/C19H17ClN2O3/c1-2-24-13-15(11-21)19(23)22-16-8-9-18(17(20)10-16)25-12-14-6-4-3-5-7-14/h3-10,13H,2,12H2,1H3,(H,22,23)/b15-13-. The van der Waals surface area contributed by atoms with Crippen LogP contribution in [0.15, 0.2) is 60.4 Å². The summed E-state index contributed by atoms with van der Waals surface area (Å²) in [6.45, 7) is 2.52. The third-order valence-electron chi connectivity index (χ3n) is 3.16. The fraction of sp³-hybridized carbons (Fsp3) is 0.158. The maximum absolute atomic E-state index is 12.0. The molecule has 0 saturated carbocycles. The number of hydrogen-bond donors (Lipinski definition) is 1. The van der Waals surface area contributed by atoms with Crippen molar-refractivity contribution < 1.29 is 14.3 Å². The van der Waals surface area contributed by atoms with Gasteiger partial charge in [0.25, 0.3) is 5.91 Å². The predicted molar refractivity (Wildman–Crippen MR) is 96.2 cm³/mol. The van der Waals surface area contributed by atoms with Gasteiger partial charge in [-0.1, -0.05) is 41.9 Å². The number of nitrogens with zero attached hydrogens (tertiary/aromatic N) is 1. The number of carbonyl (C=O) groups excluding carboxylic acids is 1. The van der Waals surface area contributed by atoms with Gasteiger partial charge in [-0.05, 0) is 30.7 Å². The third-order valence-corrected chi connectivity index (χ3v) is 3.46. The predicted octanol–water partition coefficient (Wildman–Crippen LogP) is 4.30. The summed E-state index contributed by atoms with van der Waals surface area (Å²) in [6.07, 6.45) is 1.13. The van der Waals surface area contributed by atoms with E-state index in [1.54, 1.807) is 31.2 Å². The number of anilines is 1. The monoisotopic (exact) mass is 356 g/mol. The lowest BCUT2D eigenvalue weighted by atomic mass is 10.2. The van der Waals surface area contributed by atoms with Crippen molar-refractivity contribution in [2.75, 3.05) is 11.9 Å². The van der Waals surface area contributed by atoms with E-state index in [9.17, 15) is 4.79 Å². The summed E-state index contributed by atoms with van der Waals surface area (Å²) in [6, 6.07) is 16.4. The number of amides is 1. The summed E-state index contributed by atoms with van der Waals surface area (Å²) < 4.78 is 10.6. The van der Waals surface area contributed by atoms with Gasteiger partial charge in [0.15, 0.2) is 5.57 Å². The molecule has 0 spiro atoms. The number of ether oxygens (including phenoxy) is 2. The van der Waals surface area contributed by atoms with E-state index < -0.39 is 5.91 Å². The number of carbonyl (C=O) groups is 1. The van der Waals surface area contributed by atoms with E-state index in [1.807, 2.05) is 30.3 Å². The Morgan fingerprint density at radius 1 is 1.28 bits per heavy atom. The molecule has 0 aliphatic heterocycles. The maximum atomic E-state index is 12.0. The summed E-state index contributed by atoms with van der Waals surface area (Å²) >= 11 is 6.20.